The number of methoxy groups -OCH3 is 1. The molecule has 0 saturated heterocycles. The third kappa shape index (κ3) is 5.46. The summed E-state index contributed by atoms with van der Waals surface area (Å²) in [6.07, 6.45) is 2.85. The lowest BCUT2D eigenvalue weighted by molar-refractivity contribution is -0.108. The van der Waals surface area contributed by atoms with Crippen LogP contribution in [0.2, 0.25) is 0 Å². The van der Waals surface area contributed by atoms with Gasteiger partial charge in [0.05, 0.1) is 0 Å². The summed E-state index contributed by atoms with van der Waals surface area (Å²) >= 11 is 0. The number of carbonyl (C=O) groups excluding carboxylic acids is 1. The monoisotopic (exact) mass is 131 g/mol. The second kappa shape index (κ2) is 5.72. The fourth-order valence-electron chi connectivity index (χ4n) is 0.520. The van der Waals surface area contributed by atoms with Gasteiger partial charge in [-0.3, -0.25) is 0 Å². The Labute approximate surface area is 55.2 Å². The van der Waals surface area contributed by atoms with Gasteiger partial charge in [-0.2, -0.15) is 0 Å². The molecule has 1 unspecified atom stereocenters. The highest BCUT2D eigenvalue weighted by molar-refractivity contribution is 5.48. The highest BCUT2D eigenvalue weighted by Crippen LogP contribution is 1.96. The smallest absolute Gasteiger partial charge is 0.119 e. The average Bonchev–Trinajstić information content (AvgIpc) is 1.89. The minimum Gasteiger partial charge on any atom is -0.367 e. The summed E-state index contributed by atoms with van der Waals surface area (Å²) in [6, 6.07) is 0. The molecule has 0 saturated carbocycles. The fraction of sp³-hybridized carbons (Fsp3) is 0.833. The van der Waals surface area contributed by atoms with Crippen molar-refractivity contribution in [3.8, 4) is 0 Å². The molecule has 54 valence electrons. The first kappa shape index (κ1) is 8.59. The summed E-state index contributed by atoms with van der Waals surface area (Å²) in [6.45, 7) is 0. The van der Waals surface area contributed by atoms with Crippen LogP contribution in [0.1, 0.15) is 19.3 Å². The molecule has 0 rings (SSSR count). The zero-order valence-corrected chi connectivity index (χ0v) is 5.67. The largest absolute Gasteiger partial charge is 0.367 e. The molecule has 0 bridgehead atoms. The number of aldehydes is 1. The third-order valence-corrected chi connectivity index (χ3v) is 1.11. The zero-order valence-electron chi connectivity index (χ0n) is 5.67. The van der Waals surface area contributed by atoms with E-state index in [0.29, 0.717) is 6.42 Å². The maximum absolute atomic E-state index is 9.79. The van der Waals surface area contributed by atoms with Gasteiger partial charge in [0, 0.05) is 13.5 Å². The van der Waals surface area contributed by atoms with Crippen LogP contribution in [0.4, 0.5) is 0 Å². The van der Waals surface area contributed by atoms with Gasteiger partial charge < -0.3 is 15.3 Å². The van der Waals surface area contributed by atoms with Crippen molar-refractivity contribution in [2.75, 3.05) is 7.11 Å². The molecule has 0 aliphatic heterocycles. The summed E-state index contributed by atoms with van der Waals surface area (Å²) in [5.41, 5.74) is 5.38. The Kier molecular flexibility index (Phi) is 5.46. The van der Waals surface area contributed by atoms with E-state index in [-0.39, 0.29) is 6.23 Å². The van der Waals surface area contributed by atoms with Crippen LogP contribution in [-0.4, -0.2) is 19.6 Å². The second-order valence-corrected chi connectivity index (χ2v) is 1.87. The van der Waals surface area contributed by atoms with Crippen LogP contribution in [0.15, 0.2) is 0 Å². The van der Waals surface area contributed by atoms with Gasteiger partial charge in [-0.25, -0.2) is 0 Å². The Morgan fingerprint density at radius 3 is 2.89 bits per heavy atom. The fourth-order valence-corrected chi connectivity index (χ4v) is 0.520. The molecule has 0 heterocycles. The predicted molar refractivity (Wildman–Crippen MR) is 34.9 cm³/mol. The molecule has 3 heteroatoms. The molecule has 1 atom stereocenters. The quantitative estimate of drug-likeness (QED) is 0.331. The van der Waals surface area contributed by atoms with Gasteiger partial charge in [-0.15, -0.1) is 0 Å². The molecule has 0 aromatic heterocycles. The van der Waals surface area contributed by atoms with E-state index in [2.05, 4.69) is 0 Å². The van der Waals surface area contributed by atoms with Crippen molar-refractivity contribution in [3.63, 3.8) is 0 Å². The molecular weight excluding hydrogens is 118 g/mol. The Morgan fingerprint density at radius 2 is 2.44 bits per heavy atom. The topological polar surface area (TPSA) is 52.3 Å². The number of hydrogen-bond donors (Lipinski definition) is 1. The first-order chi connectivity index (χ1) is 4.31. The van der Waals surface area contributed by atoms with Crippen molar-refractivity contribution >= 4 is 6.29 Å². The zero-order chi connectivity index (χ0) is 7.11. The van der Waals surface area contributed by atoms with Gasteiger partial charge in [0.15, 0.2) is 0 Å². The lowest BCUT2D eigenvalue weighted by Gasteiger charge is -2.06. The van der Waals surface area contributed by atoms with E-state index in [1.807, 2.05) is 0 Å². The van der Waals surface area contributed by atoms with E-state index in [1.54, 1.807) is 7.11 Å². The molecule has 9 heavy (non-hydrogen) atoms. The molecular formula is C6H13NO2. The second-order valence-electron chi connectivity index (χ2n) is 1.87. The number of carbonyl (C=O) groups is 1. The van der Waals surface area contributed by atoms with Crippen LogP contribution < -0.4 is 5.73 Å². The summed E-state index contributed by atoms with van der Waals surface area (Å²) < 4.78 is 4.76. The maximum Gasteiger partial charge on any atom is 0.119 e. The molecule has 0 radical (unpaired) electrons. The predicted octanol–water partition coefficient (Wildman–Crippen LogP) is 0.287. The van der Waals surface area contributed by atoms with E-state index in [0.717, 1.165) is 19.1 Å². The molecule has 0 aromatic carbocycles. The van der Waals surface area contributed by atoms with E-state index in [4.69, 9.17) is 10.5 Å². The Bertz CT molecular complexity index is 75.5. The molecule has 0 aromatic rings. The van der Waals surface area contributed by atoms with Crippen LogP contribution in [0.25, 0.3) is 0 Å². The molecule has 0 aliphatic rings. The maximum atomic E-state index is 9.79. The van der Waals surface area contributed by atoms with Crippen LogP contribution in [0.5, 0.6) is 0 Å². The Morgan fingerprint density at radius 1 is 1.78 bits per heavy atom. The number of unbranched alkanes of at least 4 members (excludes halogenated alkanes) is 1. The lowest BCUT2D eigenvalue weighted by Crippen LogP contribution is -2.21. The Balaban J connectivity index is 2.96. The van der Waals surface area contributed by atoms with Gasteiger partial charge in [0.25, 0.3) is 0 Å². The number of ether oxygens (including phenoxy) is 1. The van der Waals surface area contributed by atoms with E-state index in [1.165, 1.54) is 0 Å². The highest BCUT2D eigenvalue weighted by atomic mass is 16.5. The van der Waals surface area contributed by atoms with Crippen molar-refractivity contribution in [1.29, 1.82) is 0 Å². The van der Waals surface area contributed by atoms with Crippen LogP contribution in [0, 0.1) is 0 Å². The number of hydrogen-bond acceptors (Lipinski definition) is 3. The van der Waals surface area contributed by atoms with Crippen LogP contribution in [-0.2, 0) is 9.53 Å². The van der Waals surface area contributed by atoms with Gasteiger partial charge in [-0.05, 0) is 12.8 Å². The van der Waals surface area contributed by atoms with Crippen molar-refractivity contribution in [2.45, 2.75) is 25.5 Å². The number of rotatable bonds is 5. The molecule has 0 amide bonds. The Hall–Kier alpha value is -0.410. The molecule has 0 fully saturated rings. The van der Waals surface area contributed by atoms with E-state index in [9.17, 15) is 4.79 Å². The molecule has 2 N–H and O–H groups in total. The average molecular weight is 131 g/mol. The van der Waals surface area contributed by atoms with E-state index >= 15 is 0 Å². The number of nitrogens with two attached hydrogens (primary N) is 1. The summed E-state index contributed by atoms with van der Waals surface area (Å²) in [4.78, 5) is 9.79. The van der Waals surface area contributed by atoms with Gasteiger partial charge in [0.2, 0.25) is 0 Å². The summed E-state index contributed by atoms with van der Waals surface area (Å²) in [5, 5.41) is 0. The first-order valence-corrected chi connectivity index (χ1v) is 3.03. The highest BCUT2D eigenvalue weighted by Gasteiger charge is 1.96. The van der Waals surface area contributed by atoms with Crippen molar-refractivity contribution in [1.82, 2.24) is 0 Å². The van der Waals surface area contributed by atoms with Crippen LogP contribution in [0.3, 0.4) is 0 Å². The summed E-state index contributed by atoms with van der Waals surface area (Å²) in [5.74, 6) is 0. The van der Waals surface area contributed by atoms with Gasteiger partial charge >= 0.3 is 0 Å². The minimum atomic E-state index is -0.204. The van der Waals surface area contributed by atoms with Gasteiger partial charge in [0.1, 0.15) is 12.5 Å². The van der Waals surface area contributed by atoms with E-state index < -0.39 is 0 Å². The van der Waals surface area contributed by atoms with Crippen LogP contribution >= 0.6 is 0 Å². The standard InChI is InChI=1S/C6H13NO2/c1-9-6(7)4-2-3-5-8/h5-6H,2-4,7H2,1H3. The van der Waals surface area contributed by atoms with Crippen molar-refractivity contribution in [2.24, 2.45) is 5.73 Å². The normalized spacial score (nSPS) is 13.1. The third-order valence-electron chi connectivity index (χ3n) is 1.11. The minimum absolute atomic E-state index is 0.204. The van der Waals surface area contributed by atoms with Crippen molar-refractivity contribution in [3.05, 3.63) is 0 Å². The van der Waals surface area contributed by atoms with Crippen molar-refractivity contribution < 1.29 is 9.53 Å². The van der Waals surface area contributed by atoms with Gasteiger partial charge in [-0.1, -0.05) is 0 Å². The lowest BCUT2D eigenvalue weighted by atomic mass is 10.2. The molecule has 0 spiro atoms. The first-order valence-electron chi connectivity index (χ1n) is 3.03. The molecule has 0 aliphatic carbocycles. The summed E-state index contributed by atoms with van der Waals surface area (Å²) in [7, 11) is 1.56. The molecule has 3 nitrogen and oxygen atoms in total. The SMILES string of the molecule is COC(N)CCCC=O.